The van der Waals surface area contributed by atoms with Gasteiger partial charge >= 0.3 is 19.8 Å². The molecule has 0 aromatic carbocycles. The highest BCUT2D eigenvalue weighted by Crippen LogP contribution is 2.43. The number of esters is 1. The molecule has 59 heavy (non-hydrogen) atoms. The second-order valence-electron chi connectivity index (χ2n) is 14.9. The van der Waals surface area contributed by atoms with Crippen LogP contribution in [0.15, 0.2) is 85.3 Å². The average Bonchev–Trinajstić information content (AvgIpc) is 3.21. The van der Waals surface area contributed by atoms with Crippen molar-refractivity contribution in [3.05, 3.63) is 85.3 Å². The fourth-order valence-electron chi connectivity index (χ4n) is 5.77. The van der Waals surface area contributed by atoms with Crippen LogP contribution in [0.2, 0.25) is 0 Å². The first-order chi connectivity index (χ1) is 28.7. The first kappa shape index (κ1) is 56.0. The van der Waals surface area contributed by atoms with Crippen molar-refractivity contribution >= 4 is 19.8 Å². The molecular formula is C48H82NO9P. The van der Waals surface area contributed by atoms with E-state index < -0.39 is 45.1 Å². The van der Waals surface area contributed by atoms with E-state index in [0.29, 0.717) is 6.42 Å². The molecule has 0 aliphatic heterocycles. The number of carboxylic acids is 1. The Labute approximate surface area is 358 Å². The topological polar surface area (TPSA) is 155 Å². The lowest BCUT2D eigenvalue weighted by molar-refractivity contribution is -0.153. The number of allylic oxidation sites excluding steroid dienone is 13. The molecule has 10 nitrogen and oxygen atoms in total. The van der Waals surface area contributed by atoms with Gasteiger partial charge in [0.25, 0.3) is 0 Å². The maximum atomic E-state index is 12.6. The Morgan fingerprint density at radius 1 is 0.559 bits per heavy atom. The number of ether oxygens (including phenoxy) is 2. The Bertz CT molecular complexity index is 1260. The zero-order valence-electron chi connectivity index (χ0n) is 36.8. The number of unbranched alkanes of at least 4 members (excludes halogenated alkanes) is 16. The summed E-state index contributed by atoms with van der Waals surface area (Å²) in [7, 11) is -4.66. The second-order valence-corrected chi connectivity index (χ2v) is 16.3. The Balaban J connectivity index is 4.40. The standard InChI is InChI=1S/C48H82NO9P/c1-3-5-7-9-11-13-15-17-19-21-23-24-26-28-30-32-34-36-38-40-47(50)58-45(43-56-59(53,54)57-44-46(49)48(51)52)42-55-41-39-37-35-33-31-29-27-25-22-20-18-16-14-12-10-8-6-4-2/h5,7,11,13,17,19,23-24,28,30,34,36,39,41,45-46H,3-4,6,8-10,12,14-16,18,20-22,25-27,29,31-33,35,37-38,40,42-44,49H2,1-2H3,(H,51,52)(H,53,54)/b7-5+,13-11+,19-17+,24-23+,30-28+,36-34+,41-39+. The summed E-state index contributed by atoms with van der Waals surface area (Å²) in [4.78, 5) is 33.5. The summed E-state index contributed by atoms with van der Waals surface area (Å²) in [6.45, 7) is 3.08. The monoisotopic (exact) mass is 848 g/mol. The number of hydrogen-bond acceptors (Lipinski definition) is 8. The molecule has 0 aromatic rings. The molecule has 0 spiro atoms. The van der Waals surface area contributed by atoms with E-state index in [1.165, 1.54) is 89.9 Å². The van der Waals surface area contributed by atoms with Crippen molar-refractivity contribution in [2.45, 2.75) is 187 Å². The minimum Gasteiger partial charge on any atom is -0.498 e. The summed E-state index contributed by atoms with van der Waals surface area (Å²) in [5.41, 5.74) is 5.35. The molecule has 11 heteroatoms. The van der Waals surface area contributed by atoms with Gasteiger partial charge in [0, 0.05) is 6.42 Å². The van der Waals surface area contributed by atoms with Crippen molar-refractivity contribution in [1.29, 1.82) is 0 Å². The van der Waals surface area contributed by atoms with Crippen LogP contribution < -0.4 is 5.73 Å². The average molecular weight is 848 g/mol. The fraction of sp³-hybridized carbons (Fsp3) is 0.667. The Kier molecular flexibility index (Phi) is 40.9. The van der Waals surface area contributed by atoms with Gasteiger partial charge in [-0.1, -0.05) is 183 Å². The van der Waals surface area contributed by atoms with Gasteiger partial charge in [0.05, 0.1) is 19.5 Å². The highest BCUT2D eigenvalue weighted by atomic mass is 31.2. The lowest BCUT2D eigenvalue weighted by atomic mass is 10.0. The number of hydrogen-bond donors (Lipinski definition) is 3. The van der Waals surface area contributed by atoms with Crippen LogP contribution in [0, 0.1) is 0 Å². The van der Waals surface area contributed by atoms with Crippen LogP contribution in [-0.4, -0.2) is 53.9 Å². The number of aliphatic carboxylic acids is 1. The van der Waals surface area contributed by atoms with E-state index in [1.54, 1.807) is 6.26 Å². The Hall–Kier alpha value is -3.01. The molecule has 0 bridgehead atoms. The highest BCUT2D eigenvalue weighted by Gasteiger charge is 2.27. The van der Waals surface area contributed by atoms with Crippen molar-refractivity contribution in [2.75, 3.05) is 19.8 Å². The number of carbonyl (C=O) groups excluding carboxylic acids is 1. The van der Waals surface area contributed by atoms with Gasteiger partial charge in [0.15, 0.2) is 6.10 Å². The van der Waals surface area contributed by atoms with Crippen LogP contribution in [0.3, 0.4) is 0 Å². The molecule has 0 radical (unpaired) electrons. The molecule has 0 aliphatic rings. The molecule has 4 N–H and O–H groups in total. The van der Waals surface area contributed by atoms with Crippen molar-refractivity contribution in [1.82, 2.24) is 0 Å². The van der Waals surface area contributed by atoms with Gasteiger partial charge < -0.3 is 25.2 Å². The lowest BCUT2D eigenvalue weighted by Gasteiger charge is -2.19. The minimum absolute atomic E-state index is 0.101. The van der Waals surface area contributed by atoms with E-state index in [4.69, 9.17) is 29.4 Å². The summed E-state index contributed by atoms with van der Waals surface area (Å²) < 4.78 is 33.0. The van der Waals surface area contributed by atoms with E-state index in [2.05, 4.69) is 74.6 Å². The quantitative estimate of drug-likeness (QED) is 0.0178. The van der Waals surface area contributed by atoms with Gasteiger partial charge in [0.2, 0.25) is 0 Å². The van der Waals surface area contributed by atoms with Crippen LogP contribution >= 0.6 is 7.82 Å². The largest absolute Gasteiger partial charge is 0.498 e. The number of rotatable bonds is 42. The Morgan fingerprint density at radius 3 is 1.44 bits per heavy atom. The molecule has 3 unspecified atom stereocenters. The highest BCUT2D eigenvalue weighted by molar-refractivity contribution is 7.47. The van der Waals surface area contributed by atoms with Gasteiger partial charge in [0.1, 0.15) is 12.6 Å². The predicted molar refractivity (Wildman–Crippen MR) is 244 cm³/mol. The number of phosphoric acid groups is 1. The fourth-order valence-corrected chi connectivity index (χ4v) is 6.55. The van der Waals surface area contributed by atoms with Gasteiger partial charge in [-0.05, 0) is 63.9 Å². The molecule has 0 saturated carbocycles. The van der Waals surface area contributed by atoms with Crippen LogP contribution in [0.25, 0.3) is 0 Å². The van der Waals surface area contributed by atoms with Crippen molar-refractivity contribution in [3.63, 3.8) is 0 Å². The van der Waals surface area contributed by atoms with Gasteiger partial charge in [-0.3, -0.25) is 18.6 Å². The molecule has 0 heterocycles. The molecule has 0 fully saturated rings. The molecule has 338 valence electrons. The Morgan fingerprint density at radius 2 is 0.983 bits per heavy atom. The van der Waals surface area contributed by atoms with Crippen molar-refractivity contribution < 1.29 is 42.7 Å². The van der Waals surface area contributed by atoms with Gasteiger partial charge in [-0.2, -0.15) is 0 Å². The smallest absolute Gasteiger partial charge is 0.472 e. The summed E-state index contributed by atoms with van der Waals surface area (Å²) in [5, 5.41) is 8.90. The summed E-state index contributed by atoms with van der Waals surface area (Å²) in [6.07, 6.45) is 56.0. The van der Waals surface area contributed by atoms with Crippen LogP contribution in [0.5, 0.6) is 0 Å². The van der Waals surface area contributed by atoms with E-state index in [1.807, 2.05) is 18.2 Å². The number of nitrogens with two attached hydrogens (primary N) is 1. The molecule has 3 atom stereocenters. The van der Waals surface area contributed by atoms with Crippen LogP contribution in [0.4, 0.5) is 0 Å². The third kappa shape index (κ3) is 42.9. The number of carbonyl (C=O) groups is 2. The van der Waals surface area contributed by atoms with Gasteiger partial charge in [-0.15, -0.1) is 0 Å². The van der Waals surface area contributed by atoms with E-state index >= 15 is 0 Å². The molecule has 0 saturated heterocycles. The summed E-state index contributed by atoms with van der Waals surface area (Å²) >= 11 is 0. The summed E-state index contributed by atoms with van der Waals surface area (Å²) in [6, 6.07) is -1.50. The first-order valence-corrected chi connectivity index (χ1v) is 24.2. The molecular weight excluding hydrogens is 766 g/mol. The predicted octanol–water partition coefficient (Wildman–Crippen LogP) is 13.1. The second kappa shape index (κ2) is 43.1. The van der Waals surface area contributed by atoms with Crippen molar-refractivity contribution in [3.8, 4) is 0 Å². The van der Waals surface area contributed by atoms with Gasteiger partial charge in [-0.25, -0.2) is 4.57 Å². The molecule has 0 aliphatic carbocycles. The normalized spacial score (nSPS) is 14.6. The molecule has 0 rings (SSSR count). The number of phosphoric ester groups is 1. The van der Waals surface area contributed by atoms with Crippen LogP contribution in [-0.2, 0) is 32.7 Å². The third-order valence-corrected chi connectivity index (χ3v) is 10.2. The van der Waals surface area contributed by atoms with Crippen LogP contribution in [0.1, 0.15) is 174 Å². The minimum atomic E-state index is -4.66. The zero-order valence-corrected chi connectivity index (χ0v) is 37.7. The van der Waals surface area contributed by atoms with E-state index in [9.17, 15) is 19.0 Å². The maximum absolute atomic E-state index is 12.6. The lowest BCUT2D eigenvalue weighted by Crippen LogP contribution is -2.34. The molecule has 0 amide bonds. The van der Waals surface area contributed by atoms with E-state index in [0.717, 1.165) is 57.8 Å². The third-order valence-electron chi connectivity index (χ3n) is 9.27. The summed E-state index contributed by atoms with van der Waals surface area (Å²) in [5.74, 6) is -1.90. The van der Waals surface area contributed by atoms with E-state index in [-0.39, 0.29) is 13.0 Å². The molecule has 0 aromatic heterocycles. The zero-order chi connectivity index (χ0) is 43.3. The maximum Gasteiger partial charge on any atom is 0.472 e. The van der Waals surface area contributed by atoms with Crippen molar-refractivity contribution in [2.24, 2.45) is 5.73 Å². The number of carboxylic acid groups (broad SMARTS) is 1. The first-order valence-electron chi connectivity index (χ1n) is 22.7. The SMILES string of the molecule is CC/C=C/C/C=C/C/C=C/C/C=C/C/C=C/C/C=C/CCC(=O)OC(CO/C=C/CCCCCCCCCCCCCCCCCC)COP(=O)(O)OCC(N)C(=O)O.